The van der Waals surface area contributed by atoms with Gasteiger partial charge in [-0.2, -0.15) is 0 Å². The third kappa shape index (κ3) is 2.41. The van der Waals surface area contributed by atoms with E-state index in [1.165, 1.54) is 17.5 Å². The molecule has 0 radical (unpaired) electrons. The second-order valence-electron chi connectivity index (χ2n) is 4.82. The quantitative estimate of drug-likeness (QED) is 0.922. The molecule has 0 aliphatic heterocycles. The highest BCUT2D eigenvalue weighted by atomic mass is 79.9. The van der Waals surface area contributed by atoms with Crippen LogP contribution in [0.1, 0.15) is 23.5 Å². The minimum absolute atomic E-state index is 0.528. The molecule has 3 rings (SSSR count). The second-order valence-corrected chi connectivity index (χ2v) is 5.68. The third-order valence-corrected chi connectivity index (χ3v) is 4.23. The van der Waals surface area contributed by atoms with E-state index < -0.39 is 0 Å². The maximum absolute atomic E-state index is 4.39. The van der Waals surface area contributed by atoms with Gasteiger partial charge in [0.25, 0.3) is 0 Å². The van der Waals surface area contributed by atoms with Crippen LogP contribution >= 0.6 is 15.9 Å². The summed E-state index contributed by atoms with van der Waals surface area (Å²) in [5.41, 5.74) is 2.63. The van der Waals surface area contributed by atoms with Gasteiger partial charge in [-0.15, -0.1) is 0 Å². The fourth-order valence-corrected chi connectivity index (χ4v) is 2.45. The normalized spacial score (nSPS) is 21.7. The van der Waals surface area contributed by atoms with Crippen molar-refractivity contribution >= 4 is 21.7 Å². The van der Waals surface area contributed by atoms with Gasteiger partial charge in [-0.1, -0.05) is 30.3 Å². The smallest absolute Gasteiger partial charge is 0.126 e. The molecule has 1 fully saturated rings. The molecular weight excluding hydrogens is 288 g/mol. The molecule has 1 aromatic carbocycles. The number of aryl methyl sites for hydroxylation is 1. The van der Waals surface area contributed by atoms with Gasteiger partial charge in [0.15, 0.2) is 0 Å². The van der Waals surface area contributed by atoms with E-state index >= 15 is 0 Å². The number of nitrogens with one attached hydrogen (secondary N) is 1. The summed E-state index contributed by atoms with van der Waals surface area (Å²) in [5, 5.41) is 3.50. The first-order valence-electron chi connectivity index (χ1n) is 6.17. The molecule has 3 heteroatoms. The van der Waals surface area contributed by atoms with Gasteiger partial charge in [-0.25, -0.2) is 4.98 Å². The molecule has 1 aromatic heterocycles. The zero-order valence-corrected chi connectivity index (χ0v) is 11.8. The Morgan fingerprint density at radius 1 is 1.28 bits per heavy atom. The van der Waals surface area contributed by atoms with Crippen LogP contribution in [0.4, 0.5) is 5.82 Å². The Morgan fingerprint density at radius 2 is 2.06 bits per heavy atom. The molecule has 0 saturated heterocycles. The highest BCUT2D eigenvalue weighted by Gasteiger charge is 2.38. The molecule has 2 atom stereocenters. The van der Waals surface area contributed by atoms with Crippen LogP contribution in [0.3, 0.4) is 0 Å². The van der Waals surface area contributed by atoms with Gasteiger partial charge >= 0.3 is 0 Å². The van der Waals surface area contributed by atoms with E-state index in [1.54, 1.807) is 0 Å². The first-order valence-corrected chi connectivity index (χ1v) is 6.97. The van der Waals surface area contributed by atoms with Gasteiger partial charge in [0.1, 0.15) is 5.82 Å². The first-order chi connectivity index (χ1) is 8.74. The number of nitrogens with zero attached hydrogens (tertiary/aromatic N) is 1. The van der Waals surface area contributed by atoms with Crippen LogP contribution in [0.5, 0.6) is 0 Å². The monoisotopic (exact) mass is 302 g/mol. The SMILES string of the molecule is Cc1cc(NC2CC2c2ccccc2)ncc1Br. The lowest BCUT2D eigenvalue weighted by Gasteiger charge is -2.07. The van der Waals surface area contributed by atoms with Crippen LogP contribution in [0.25, 0.3) is 0 Å². The van der Waals surface area contributed by atoms with Crippen molar-refractivity contribution in [2.75, 3.05) is 5.32 Å². The molecule has 1 heterocycles. The van der Waals surface area contributed by atoms with Crippen LogP contribution < -0.4 is 5.32 Å². The molecule has 0 spiro atoms. The summed E-state index contributed by atoms with van der Waals surface area (Å²) in [6.45, 7) is 2.08. The zero-order valence-electron chi connectivity index (χ0n) is 10.2. The lowest BCUT2D eigenvalue weighted by molar-refractivity contribution is 1.03. The summed E-state index contributed by atoms with van der Waals surface area (Å²) in [6, 6.07) is 13.3. The molecule has 18 heavy (non-hydrogen) atoms. The van der Waals surface area contributed by atoms with Gasteiger partial charge in [0.05, 0.1) is 0 Å². The van der Waals surface area contributed by atoms with Crippen LogP contribution in [-0.2, 0) is 0 Å². The van der Waals surface area contributed by atoms with Gasteiger partial charge in [0, 0.05) is 22.6 Å². The predicted octanol–water partition coefficient (Wildman–Crippen LogP) is 4.12. The Balaban J connectivity index is 1.67. The number of halogens is 1. The standard InChI is InChI=1S/C15H15BrN2/c1-10-7-15(17-9-13(10)16)18-14-8-12(14)11-5-3-2-4-6-11/h2-7,9,12,14H,8H2,1H3,(H,17,18). The summed E-state index contributed by atoms with van der Waals surface area (Å²) >= 11 is 3.47. The van der Waals surface area contributed by atoms with E-state index in [0.717, 1.165) is 10.3 Å². The molecule has 92 valence electrons. The molecule has 1 saturated carbocycles. The molecular formula is C15H15BrN2. The maximum atomic E-state index is 4.39. The summed E-state index contributed by atoms with van der Waals surface area (Å²) in [7, 11) is 0. The van der Waals surface area contributed by atoms with E-state index in [0.29, 0.717) is 12.0 Å². The lowest BCUT2D eigenvalue weighted by atomic mass is 10.1. The Bertz CT molecular complexity index is 554. The van der Waals surface area contributed by atoms with E-state index in [1.807, 2.05) is 6.20 Å². The Labute approximate surface area is 116 Å². The van der Waals surface area contributed by atoms with Crippen molar-refractivity contribution < 1.29 is 0 Å². The lowest BCUT2D eigenvalue weighted by Crippen LogP contribution is -2.05. The minimum atomic E-state index is 0.528. The molecule has 2 nitrogen and oxygen atoms in total. The molecule has 1 N–H and O–H groups in total. The highest BCUT2D eigenvalue weighted by molar-refractivity contribution is 9.10. The topological polar surface area (TPSA) is 24.9 Å². The van der Waals surface area contributed by atoms with Gasteiger partial charge in [-0.3, -0.25) is 0 Å². The summed E-state index contributed by atoms with van der Waals surface area (Å²) in [5.74, 6) is 1.61. The van der Waals surface area contributed by atoms with E-state index in [-0.39, 0.29) is 0 Å². The average Bonchev–Trinajstić information content (AvgIpc) is 3.14. The van der Waals surface area contributed by atoms with Crippen molar-refractivity contribution in [3.63, 3.8) is 0 Å². The number of pyridine rings is 1. The van der Waals surface area contributed by atoms with Crippen molar-refractivity contribution in [2.45, 2.75) is 25.3 Å². The van der Waals surface area contributed by atoms with Crippen molar-refractivity contribution in [3.8, 4) is 0 Å². The molecule has 0 amide bonds. The number of aromatic nitrogens is 1. The molecule has 1 aliphatic rings. The van der Waals surface area contributed by atoms with Crippen LogP contribution in [0, 0.1) is 6.92 Å². The summed E-state index contributed by atoms with van der Waals surface area (Å²) < 4.78 is 1.06. The van der Waals surface area contributed by atoms with E-state index in [9.17, 15) is 0 Å². The number of rotatable bonds is 3. The van der Waals surface area contributed by atoms with Crippen LogP contribution in [0.15, 0.2) is 47.1 Å². The number of benzene rings is 1. The molecule has 2 unspecified atom stereocenters. The predicted molar refractivity (Wildman–Crippen MR) is 77.9 cm³/mol. The van der Waals surface area contributed by atoms with Crippen molar-refractivity contribution in [1.82, 2.24) is 4.98 Å². The zero-order chi connectivity index (χ0) is 12.5. The van der Waals surface area contributed by atoms with E-state index in [2.05, 4.69) is 69.6 Å². The van der Waals surface area contributed by atoms with Crippen LogP contribution in [-0.4, -0.2) is 11.0 Å². The minimum Gasteiger partial charge on any atom is -0.367 e. The van der Waals surface area contributed by atoms with Gasteiger partial charge < -0.3 is 5.32 Å². The molecule has 0 bridgehead atoms. The van der Waals surface area contributed by atoms with Crippen LogP contribution in [0.2, 0.25) is 0 Å². The van der Waals surface area contributed by atoms with Gasteiger partial charge in [0.2, 0.25) is 0 Å². The third-order valence-electron chi connectivity index (χ3n) is 3.40. The van der Waals surface area contributed by atoms with E-state index in [4.69, 9.17) is 0 Å². The summed E-state index contributed by atoms with van der Waals surface area (Å²) in [4.78, 5) is 4.39. The maximum Gasteiger partial charge on any atom is 0.126 e. The largest absolute Gasteiger partial charge is 0.367 e. The number of hydrogen-bond donors (Lipinski definition) is 1. The number of hydrogen-bond acceptors (Lipinski definition) is 2. The second kappa shape index (κ2) is 4.73. The fraction of sp³-hybridized carbons (Fsp3) is 0.267. The Kier molecular flexibility index (Phi) is 3.08. The first kappa shape index (κ1) is 11.7. The Hall–Kier alpha value is -1.35. The Morgan fingerprint density at radius 3 is 2.78 bits per heavy atom. The van der Waals surface area contributed by atoms with Gasteiger partial charge in [-0.05, 0) is 46.5 Å². The number of anilines is 1. The summed E-state index contributed by atoms with van der Waals surface area (Å²) in [6.07, 6.45) is 3.05. The van der Waals surface area contributed by atoms with Crippen molar-refractivity contribution in [2.24, 2.45) is 0 Å². The molecule has 2 aromatic rings. The highest BCUT2D eigenvalue weighted by Crippen LogP contribution is 2.42. The van der Waals surface area contributed by atoms with Crippen molar-refractivity contribution in [1.29, 1.82) is 0 Å². The fourth-order valence-electron chi connectivity index (χ4n) is 2.23. The average molecular weight is 303 g/mol. The molecule has 1 aliphatic carbocycles. The van der Waals surface area contributed by atoms with Crippen molar-refractivity contribution in [3.05, 3.63) is 58.2 Å².